The maximum Gasteiger partial charge on any atom is 0.247 e. The molecule has 1 N–H and O–H groups in total. The van der Waals surface area contributed by atoms with Gasteiger partial charge in [0.05, 0.1) is 5.52 Å². The van der Waals surface area contributed by atoms with Gasteiger partial charge in [-0.2, -0.15) is 0 Å². The van der Waals surface area contributed by atoms with Gasteiger partial charge in [-0.25, -0.2) is 4.68 Å². The van der Waals surface area contributed by atoms with Crippen molar-refractivity contribution < 1.29 is 9.59 Å². The first-order valence-corrected chi connectivity index (χ1v) is 12.0. The van der Waals surface area contributed by atoms with E-state index in [1.807, 2.05) is 55.5 Å². The van der Waals surface area contributed by atoms with E-state index < -0.39 is 6.04 Å². The molecule has 1 fully saturated rings. The maximum atomic E-state index is 13.6. The van der Waals surface area contributed by atoms with Crippen molar-refractivity contribution in [1.82, 2.24) is 25.2 Å². The highest BCUT2D eigenvalue weighted by Crippen LogP contribution is 2.26. The lowest BCUT2D eigenvalue weighted by molar-refractivity contribution is -0.141. The second-order valence-electron chi connectivity index (χ2n) is 8.98. The molecule has 1 aromatic heterocycles. The van der Waals surface area contributed by atoms with Gasteiger partial charge in [-0.15, -0.1) is 5.10 Å². The lowest BCUT2D eigenvalue weighted by atomic mass is 10.0. The van der Waals surface area contributed by atoms with Crippen LogP contribution in [0.1, 0.15) is 62.6 Å². The molecule has 0 aliphatic heterocycles. The maximum absolute atomic E-state index is 13.6. The average Bonchev–Trinajstić information content (AvgIpc) is 3.47. The van der Waals surface area contributed by atoms with Crippen molar-refractivity contribution in [3.05, 3.63) is 59.7 Å². The molecule has 1 aliphatic rings. The Labute approximate surface area is 195 Å². The van der Waals surface area contributed by atoms with Gasteiger partial charge in [0.25, 0.3) is 0 Å². The van der Waals surface area contributed by atoms with E-state index in [-0.39, 0.29) is 24.4 Å². The van der Waals surface area contributed by atoms with Crippen LogP contribution in [0.3, 0.4) is 0 Å². The van der Waals surface area contributed by atoms with E-state index in [0.29, 0.717) is 6.54 Å². The molecular weight excluding hydrogens is 414 g/mol. The van der Waals surface area contributed by atoms with Crippen LogP contribution in [0.25, 0.3) is 11.0 Å². The van der Waals surface area contributed by atoms with Gasteiger partial charge in [-0.3, -0.25) is 9.59 Å². The normalized spacial score (nSPS) is 15.0. The first-order chi connectivity index (χ1) is 16.1. The van der Waals surface area contributed by atoms with Crippen molar-refractivity contribution in [3.63, 3.8) is 0 Å². The van der Waals surface area contributed by atoms with E-state index in [9.17, 15) is 9.59 Å². The van der Waals surface area contributed by atoms with Crippen molar-refractivity contribution in [1.29, 1.82) is 0 Å². The Morgan fingerprint density at radius 1 is 1.12 bits per heavy atom. The molecule has 174 valence electrons. The van der Waals surface area contributed by atoms with Crippen LogP contribution in [-0.4, -0.2) is 44.3 Å². The van der Waals surface area contributed by atoms with Crippen molar-refractivity contribution in [2.75, 3.05) is 6.54 Å². The highest BCUT2D eigenvalue weighted by Gasteiger charge is 2.33. The van der Waals surface area contributed by atoms with Crippen LogP contribution in [-0.2, 0) is 16.1 Å². The third-order valence-corrected chi connectivity index (χ3v) is 6.43. The van der Waals surface area contributed by atoms with E-state index in [0.717, 1.165) is 60.7 Å². The summed E-state index contributed by atoms with van der Waals surface area (Å²) < 4.78 is 1.62. The number of amides is 2. The highest BCUT2D eigenvalue weighted by molar-refractivity contribution is 5.89. The molecule has 0 bridgehead atoms. The Kier molecular flexibility index (Phi) is 7.37. The number of rotatable bonds is 9. The molecule has 7 heteroatoms. The Bertz CT molecular complexity index is 1090. The number of unbranched alkanes of at least 4 members (excludes halogenated alkanes) is 1. The Hall–Kier alpha value is -3.22. The quantitative estimate of drug-likeness (QED) is 0.534. The summed E-state index contributed by atoms with van der Waals surface area (Å²) >= 11 is 0. The van der Waals surface area contributed by atoms with Crippen LogP contribution in [0.4, 0.5) is 0 Å². The van der Waals surface area contributed by atoms with Crippen LogP contribution >= 0.6 is 0 Å². The average molecular weight is 448 g/mol. The number of hydrogen-bond acceptors (Lipinski definition) is 4. The third kappa shape index (κ3) is 5.41. The Morgan fingerprint density at radius 2 is 1.85 bits per heavy atom. The van der Waals surface area contributed by atoms with E-state index >= 15 is 0 Å². The Balaban J connectivity index is 1.64. The molecule has 4 rings (SSSR count). The summed E-state index contributed by atoms with van der Waals surface area (Å²) in [5.74, 6) is -0.232. The number of hydrogen-bond donors (Lipinski definition) is 1. The van der Waals surface area contributed by atoms with Crippen molar-refractivity contribution in [2.24, 2.45) is 0 Å². The second kappa shape index (κ2) is 10.6. The summed E-state index contributed by atoms with van der Waals surface area (Å²) in [6, 6.07) is 15.0. The molecule has 1 saturated carbocycles. The molecule has 1 heterocycles. The van der Waals surface area contributed by atoms with Crippen molar-refractivity contribution in [2.45, 2.75) is 71.0 Å². The smallest absolute Gasteiger partial charge is 0.247 e. The summed E-state index contributed by atoms with van der Waals surface area (Å²) in [5.41, 5.74) is 3.52. The number of benzene rings is 2. The van der Waals surface area contributed by atoms with Gasteiger partial charge in [0.15, 0.2) is 0 Å². The minimum Gasteiger partial charge on any atom is -0.351 e. The lowest BCUT2D eigenvalue weighted by Gasteiger charge is -2.32. The molecule has 0 radical (unpaired) electrons. The number of aryl methyl sites for hydroxylation is 1. The number of fused-ring (bicyclic) bond motifs is 1. The number of nitrogens with one attached hydrogen (secondary N) is 1. The standard InChI is InChI=1S/C26H33N5O2/c1-3-4-17-30(24(32)18-31-23-12-8-7-11-22(23)28-29-31)25(20-15-13-19(2)14-16-20)26(33)27-21-9-5-6-10-21/h7-8,11-16,21,25H,3-6,9-10,17-18H2,1-2H3,(H,27,33)/t25-/m1/s1. The number of para-hydroxylation sites is 1. The monoisotopic (exact) mass is 447 g/mol. The number of carbonyl (C=O) groups excluding carboxylic acids is 2. The summed E-state index contributed by atoms with van der Waals surface area (Å²) in [6.45, 7) is 4.67. The SMILES string of the molecule is CCCCN(C(=O)Cn1nnc2ccccc21)[C@@H](C(=O)NC1CCCC1)c1ccc(C)cc1. The molecular formula is C26H33N5O2. The van der Waals surface area contributed by atoms with Crippen molar-refractivity contribution in [3.8, 4) is 0 Å². The fourth-order valence-corrected chi connectivity index (χ4v) is 4.55. The molecule has 1 aliphatic carbocycles. The molecule has 1 atom stereocenters. The van der Waals surface area contributed by atoms with Crippen LogP contribution in [0, 0.1) is 6.92 Å². The first-order valence-electron chi connectivity index (χ1n) is 12.0. The molecule has 0 spiro atoms. The van der Waals surface area contributed by atoms with Crippen LogP contribution in [0.15, 0.2) is 48.5 Å². The molecule has 7 nitrogen and oxygen atoms in total. The lowest BCUT2D eigenvalue weighted by Crippen LogP contribution is -2.47. The molecule has 0 saturated heterocycles. The largest absolute Gasteiger partial charge is 0.351 e. The van der Waals surface area contributed by atoms with Gasteiger partial charge in [0.1, 0.15) is 18.1 Å². The summed E-state index contributed by atoms with van der Waals surface area (Å²) in [6.07, 6.45) is 6.03. The number of aromatic nitrogens is 3. The zero-order chi connectivity index (χ0) is 23.2. The van der Waals surface area contributed by atoms with E-state index in [1.54, 1.807) is 9.58 Å². The highest BCUT2D eigenvalue weighted by atomic mass is 16.2. The van der Waals surface area contributed by atoms with Crippen LogP contribution in [0.5, 0.6) is 0 Å². The van der Waals surface area contributed by atoms with Gasteiger partial charge in [0, 0.05) is 12.6 Å². The Morgan fingerprint density at radius 3 is 2.58 bits per heavy atom. The predicted octanol–water partition coefficient (Wildman–Crippen LogP) is 4.17. The summed E-state index contributed by atoms with van der Waals surface area (Å²) in [4.78, 5) is 28.9. The molecule has 2 amide bonds. The topological polar surface area (TPSA) is 80.1 Å². The van der Waals surface area contributed by atoms with Crippen molar-refractivity contribution >= 4 is 22.8 Å². The third-order valence-electron chi connectivity index (χ3n) is 6.43. The number of nitrogens with zero attached hydrogens (tertiary/aromatic N) is 4. The fourth-order valence-electron chi connectivity index (χ4n) is 4.55. The van der Waals surface area contributed by atoms with Gasteiger partial charge in [-0.05, 0) is 43.9 Å². The fraction of sp³-hybridized carbons (Fsp3) is 0.462. The second-order valence-corrected chi connectivity index (χ2v) is 8.98. The zero-order valence-electron chi connectivity index (χ0n) is 19.5. The van der Waals surface area contributed by atoms with Gasteiger partial charge in [-0.1, -0.05) is 73.4 Å². The first kappa shape index (κ1) is 23.0. The summed E-state index contributed by atoms with van der Waals surface area (Å²) in [5, 5.41) is 11.6. The van der Waals surface area contributed by atoms with Gasteiger partial charge in [0.2, 0.25) is 11.8 Å². The minimum atomic E-state index is -0.667. The molecule has 33 heavy (non-hydrogen) atoms. The molecule has 3 aromatic rings. The van der Waals surface area contributed by atoms with Gasteiger partial charge >= 0.3 is 0 Å². The predicted molar refractivity (Wildman–Crippen MR) is 128 cm³/mol. The summed E-state index contributed by atoms with van der Waals surface area (Å²) in [7, 11) is 0. The van der Waals surface area contributed by atoms with E-state index in [4.69, 9.17) is 0 Å². The van der Waals surface area contributed by atoms with E-state index in [2.05, 4.69) is 22.6 Å². The zero-order valence-corrected chi connectivity index (χ0v) is 19.5. The van der Waals surface area contributed by atoms with Crippen LogP contribution in [0.2, 0.25) is 0 Å². The van der Waals surface area contributed by atoms with E-state index in [1.165, 1.54) is 0 Å². The van der Waals surface area contributed by atoms with Crippen LogP contribution < -0.4 is 5.32 Å². The molecule has 0 unspecified atom stereocenters. The molecule has 2 aromatic carbocycles. The number of carbonyl (C=O) groups is 2. The van der Waals surface area contributed by atoms with Gasteiger partial charge < -0.3 is 10.2 Å². The minimum absolute atomic E-state index is 0.0449.